The Kier molecular flexibility index (Phi) is 3.48. The number of hydrogen-bond donors (Lipinski definition) is 2. The van der Waals surface area contributed by atoms with Gasteiger partial charge in [0.2, 0.25) is 0 Å². The fourth-order valence-corrected chi connectivity index (χ4v) is 2.36. The minimum atomic E-state index is 0.203. The molecule has 3 nitrogen and oxygen atoms in total. The second-order valence-electron chi connectivity index (χ2n) is 3.74. The van der Waals surface area contributed by atoms with Gasteiger partial charge in [-0.15, -0.1) is 0 Å². The number of Topliss-reactive ketones (excluding diaryl/α,β-unsaturated/α-hetero) is 1. The van der Waals surface area contributed by atoms with Crippen LogP contribution >= 0.6 is 22.6 Å². The van der Waals surface area contributed by atoms with Gasteiger partial charge in [0.05, 0.1) is 3.58 Å². The molecule has 0 aromatic heterocycles. The van der Waals surface area contributed by atoms with Crippen LogP contribution in [0.1, 0.15) is 19.3 Å². The van der Waals surface area contributed by atoms with Crippen LogP contribution in [0.15, 0.2) is 33.5 Å². The van der Waals surface area contributed by atoms with Gasteiger partial charge in [-0.1, -0.05) is 6.07 Å². The zero-order valence-electron chi connectivity index (χ0n) is 8.66. The maximum absolute atomic E-state index is 11.5. The average molecular weight is 329 g/mol. The first-order valence-corrected chi connectivity index (χ1v) is 6.22. The largest absolute Gasteiger partial charge is 0.508 e. The quantitative estimate of drug-likeness (QED) is 0.819. The molecule has 1 aromatic carbocycles. The summed E-state index contributed by atoms with van der Waals surface area (Å²) in [5, 5.41) is 12.5. The second kappa shape index (κ2) is 4.86. The SMILES string of the molecule is O=C1CCCC(Nc2cccc(O)c2)=C1I. The summed E-state index contributed by atoms with van der Waals surface area (Å²) in [7, 11) is 0. The smallest absolute Gasteiger partial charge is 0.170 e. The number of ketones is 1. The molecular formula is C12H12INO2. The molecule has 0 atom stereocenters. The van der Waals surface area contributed by atoms with Crippen molar-refractivity contribution in [3.63, 3.8) is 0 Å². The summed E-state index contributed by atoms with van der Waals surface area (Å²) in [4.78, 5) is 11.5. The lowest BCUT2D eigenvalue weighted by molar-refractivity contribution is -0.115. The lowest BCUT2D eigenvalue weighted by Gasteiger charge is -2.17. The first-order valence-electron chi connectivity index (χ1n) is 5.15. The zero-order chi connectivity index (χ0) is 11.5. The zero-order valence-corrected chi connectivity index (χ0v) is 10.8. The maximum atomic E-state index is 11.5. The number of aromatic hydroxyl groups is 1. The summed E-state index contributed by atoms with van der Waals surface area (Å²) in [5.41, 5.74) is 1.78. The molecule has 2 rings (SSSR count). The van der Waals surface area contributed by atoms with Crippen LogP contribution in [0.3, 0.4) is 0 Å². The Morgan fingerprint density at radius 3 is 2.88 bits per heavy atom. The maximum Gasteiger partial charge on any atom is 0.170 e. The molecule has 0 aliphatic heterocycles. The van der Waals surface area contributed by atoms with Gasteiger partial charge in [0, 0.05) is 23.9 Å². The van der Waals surface area contributed by atoms with Crippen molar-refractivity contribution in [1.82, 2.24) is 0 Å². The van der Waals surface area contributed by atoms with Crippen molar-refractivity contribution in [2.24, 2.45) is 0 Å². The number of rotatable bonds is 2. The Morgan fingerprint density at radius 2 is 2.12 bits per heavy atom. The van der Waals surface area contributed by atoms with Crippen LogP contribution in [-0.4, -0.2) is 10.9 Å². The Hall–Kier alpha value is -1.04. The number of anilines is 1. The van der Waals surface area contributed by atoms with Crippen LogP contribution in [0, 0.1) is 0 Å². The van der Waals surface area contributed by atoms with Crippen molar-refractivity contribution in [2.45, 2.75) is 19.3 Å². The monoisotopic (exact) mass is 329 g/mol. The van der Waals surface area contributed by atoms with E-state index in [4.69, 9.17) is 0 Å². The number of phenolic OH excluding ortho intramolecular Hbond substituents is 1. The van der Waals surface area contributed by atoms with E-state index in [0.717, 1.165) is 27.8 Å². The van der Waals surface area contributed by atoms with E-state index >= 15 is 0 Å². The van der Waals surface area contributed by atoms with Crippen LogP contribution in [0.2, 0.25) is 0 Å². The second-order valence-corrected chi connectivity index (χ2v) is 4.82. The summed E-state index contributed by atoms with van der Waals surface area (Å²) in [6.45, 7) is 0. The number of carbonyl (C=O) groups excluding carboxylic acids is 1. The van der Waals surface area contributed by atoms with E-state index in [1.807, 2.05) is 6.07 Å². The molecule has 0 heterocycles. The molecule has 0 saturated carbocycles. The number of hydrogen-bond acceptors (Lipinski definition) is 3. The summed E-state index contributed by atoms with van der Waals surface area (Å²) in [6.07, 6.45) is 2.43. The predicted molar refractivity (Wildman–Crippen MR) is 71.6 cm³/mol. The van der Waals surface area contributed by atoms with Crippen LogP contribution in [0.5, 0.6) is 5.75 Å². The average Bonchev–Trinajstić information content (AvgIpc) is 2.25. The highest BCUT2D eigenvalue weighted by molar-refractivity contribution is 14.1. The number of phenols is 1. The third-order valence-corrected chi connectivity index (χ3v) is 3.73. The van der Waals surface area contributed by atoms with Crippen LogP contribution < -0.4 is 5.32 Å². The first-order chi connectivity index (χ1) is 7.66. The van der Waals surface area contributed by atoms with Gasteiger partial charge in [0.1, 0.15) is 5.75 Å². The van der Waals surface area contributed by atoms with Crippen LogP contribution in [0.25, 0.3) is 0 Å². The van der Waals surface area contributed by atoms with Crippen molar-refractivity contribution in [3.8, 4) is 5.75 Å². The molecule has 1 aliphatic rings. The van der Waals surface area contributed by atoms with Gasteiger partial charge in [-0.05, 0) is 47.6 Å². The molecular weight excluding hydrogens is 317 g/mol. The molecule has 84 valence electrons. The van der Waals surface area contributed by atoms with Gasteiger partial charge < -0.3 is 10.4 Å². The van der Waals surface area contributed by atoms with Crippen molar-refractivity contribution in [1.29, 1.82) is 0 Å². The summed E-state index contributed by atoms with van der Waals surface area (Å²) >= 11 is 2.09. The van der Waals surface area contributed by atoms with Gasteiger partial charge in [0.25, 0.3) is 0 Å². The highest BCUT2D eigenvalue weighted by atomic mass is 127. The highest BCUT2D eigenvalue weighted by Gasteiger charge is 2.18. The number of carbonyl (C=O) groups is 1. The lowest BCUT2D eigenvalue weighted by atomic mass is 10.0. The van der Waals surface area contributed by atoms with Gasteiger partial charge in [-0.25, -0.2) is 0 Å². The third kappa shape index (κ3) is 2.55. The van der Waals surface area contributed by atoms with Crippen LogP contribution in [0.4, 0.5) is 5.69 Å². The topological polar surface area (TPSA) is 49.3 Å². The van der Waals surface area contributed by atoms with Crippen molar-refractivity contribution in [2.75, 3.05) is 5.32 Å². The standard InChI is InChI=1S/C12H12INO2/c13-12-10(5-2-6-11(12)16)14-8-3-1-4-9(15)7-8/h1,3-4,7,14-15H,2,5-6H2. The Balaban J connectivity index is 2.21. The molecule has 0 unspecified atom stereocenters. The number of nitrogens with one attached hydrogen (secondary N) is 1. The van der Waals surface area contributed by atoms with E-state index in [0.29, 0.717) is 6.42 Å². The normalized spacial score (nSPS) is 16.4. The van der Waals surface area contributed by atoms with E-state index < -0.39 is 0 Å². The Bertz CT molecular complexity index is 454. The molecule has 0 fully saturated rings. The molecule has 16 heavy (non-hydrogen) atoms. The Labute approximate surface area is 108 Å². The number of halogens is 1. The molecule has 4 heteroatoms. The molecule has 1 aromatic rings. The lowest BCUT2D eigenvalue weighted by Crippen LogP contribution is -2.12. The minimum Gasteiger partial charge on any atom is -0.508 e. The van der Waals surface area contributed by atoms with E-state index in [1.165, 1.54) is 0 Å². The van der Waals surface area contributed by atoms with E-state index in [-0.39, 0.29) is 11.5 Å². The van der Waals surface area contributed by atoms with Crippen LogP contribution in [-0.2, 0) is 4.79 Å². The summed E-state index contributed by atoms with van der Waals surface area (Å²) in [5.74, 6) is 0.428. The molecule has 0 saturated heterocycles. The fraction of sp³-hybridized carbons (Fsp3) is 0.250. The molecule has 1 aliphatic carbocycles. The van der Waals surface area contributed by atoms with Crippen molar-refractivity contribution >= 4 is 34.1 Å². The van der Waals surface area contributed by atoms with Gasteiger partial charge in [0.15, 0.2) is 5.78 Å². The first kappa shape index (κ1) is 11.4. The minimum absolute atomic E-state index is 0.203. The number of allylic oxidation sites excluding steroid dienone is 2. The number of benzene rings is 1. The van der Waals surface area contributed by atoms with E-state index in [2.05, 4.69) is 27.9 Å². The van der Waals surface area contributed by atoms with Gasteiger partial charge in [-0.2, -0.15) is 0 Å². The molecule has 0 amide bonds. The third-order valence-electron chi connectivity index (χ3n) is 2.48. The van der Waals surface area contributed by atoms with Gasteiger partial charge in [-0.3, -0.25) is 4.79 Å². The molecule has 2 N–H and O–H groups in total. The fourth-order valence-electron chi connectivity index (χ4n) is 1.69. The van der Waals surface area contributed by atoms with Crippen molar-refractivity contribution in [3.05, 3.63) is 33.5 Å². The highest BCUT2D eigenvalue weighted by Crippen LogP contribution is 2.28. The Morgan fingerprint density at radius 1 is 1.31 bits per heavy atom. The van der Waals surface area contributed by atoms with Gasteiger partial charge >= 0.3 is 0 Å². The summed E-state index contributed by atoms with van der Waals surface area (Å²) < 4.78 is 0.784. The molecule has 0 radical (unpaired) electrons. The van der Waals surface area contributed by atoms with Crippen molar-refractivity contribution < 1.29 is 9.90 Å². The van der Waals surface area contributed by atoms with E-state index in [9.17, 15) is 9.90 Å². The predicted octanol–water partition coefficient (Wildman–Crippen LogP) is 3.20. The molecule has 0 spiro atoms. The van der Waals surface area contributed by atoms with E-state index in [1.54, 1.807) is 18.2 Å². The summed E-state index contributed by atoms with van der Waals surface area (Å²) in [6, 6.07) is 6.91. The molecule has 0 bridgehead atoms.